The molecule has 0 spiro atoms. The summed E-state index contributed by atoms with van der Waals surface area (Å²) in [5.41, 5.74) is 0. The van der Waals surface area contributed by atoms with Gasteiger partial charge >= 0.3 is 5.97 Å². The number of quaternary nitrogens is 1. The largest absolute Gasteiger partial charge is 0.756 e. The number of esters is 1. The van der Waals surface area contributed by atoms with Gasteiger partial charge in [0.1, 0.15) is 19.3 Å². The third kappa shape index (κ3) is 46.9. The van der Waals surface area contributed by atoms with Gasteiger partial charge in [-0.3, -0.25) is 9.36 Å². The molecule has 0 aliphatic carbocycles. The summed E-state index contributed by atoms with van der Waals surface area (Å²) < 4.78 is 34.6. The Labute approximate surface area is 363 Å². The van der Waals surface area contributed by atoms with Crippen molar-refractivity contribution in [3.63, 3.8) is 0 Å². The first-order valence-electron chi connectivity index (χ1n) is 23.7. The molecule has 59 heavy (non-hydrogen) atoms. The number of unbranched alkanes of at least 4 members (excludes halogenated alkanes) is 17. The number of hydrogen-bond acceptors (Lipinski definition) is 7. The highest BCUT2D eigenvalue weighted by Crippen LogP contribution is 2.38. The van der Waals surface area contributed by atoms with Crippen LogP contribution in [-0.2, 0) is 27.9 Å². The number of likely N-dealkylation sites (N-methyl/N-ethyl adjacent to an activating group) is 1. The number of carbonyl (C=O) groups is 1. The SMILES string of the molecule is CC/C=C\C/C=C\C/C=C\C/C=C\C/C=C\CCCC(=O)OC(COCCCCCCCCCCCC/C=C\CCCCCCCC)COP(=O)([O-])OCC[N+](C)(C)C. The van der Waals surface area contributed by atoms with Gasteiger partial charge in [-0.15, -0.1) is 0 Å². The Morgan fingerprint density at radius 3 is 1.49 bits per heavy atom. The van der Waals surface area contributed by atoms with E-state index in [4.69, 9.17) is 18.5 Å². The lowest BCUT2D eigenvalue weighted by atomic mass is 10.1. The molecule has 8 nitrogen and oxygen atoms in total. The monoisotopic (exact) mass is 848 g/mol. The molecule has 0 aliphatic heterocycles. The molecule has 2 atom stereocenters. The Hall–Kier alpha value is -2.06. The molecule has 0 radical (unpaired) electrons. The first kappa shape index (κ1) is 56.9. The first-order valence-corrected chi connectivity index (χ1v) is 25.1. The van der Waals surface area contributed by atoms with Gasteiger partial charge in [0.2, 0.25) is 0 Å². The second-order valence-electron chi connectivity index (χ2n) is 16.7. The maximum absolute atomic E-state index is 12.7. The Balaban J connectivity index is 4.28. The average molecular weight is 848 g/mol. The summed E-state index contributed by atoms with van der Waals surface area (Å²) >= 11 is 0. The van der Waals surface area contributed by atoms with E-state index in [1.165, 1.54) is 103 Å². The summed E-state index contributed by atoms with van der Waals surface area (Å²) in [5.74, 6) is -0.392. The number of rotatable bonds is 43. The highest BCUT2D eigenvalue weighted by atomic mass is 31.2. The van der Waals surface area contributed by atoms with Crippen molar-refractivity contribution in [3.05, 3.63) is 72.9 Å². The van der Waals surface area contributed by atoms with Gasteiger partial charge in [0.25, 0.3) is 7.82 Å². The molecule has 0 saturated carbocycles. The van der Waals surface area contributed by atoms with Crippen LogP contribution in [-0.4, -0.2) is 70.7 Å². The second kappa shape index (κ2) is 42.6. The molecule has 0 rings (SSSR count). The molecule has 0 aromatic rings. The van der Waals surface area contributed by atoms with Crippen molar-refractivity contribution in [2.75, 3.05) is 54.1 Å². The van der Waals surface area contributed by atoms with Crippen molar-refractivity contribution in [1.29, 1.82) is 0 Å². The van der Waals surface area contributed by atoms with Gasteiger partial charge in [-0.05, 0) is 77.0 Å². The minimum Gasteiger partial charge on any atom is -0.756 e. The van der Waals surface area contributed by atoms with Crippen LogP contribution in [0, 0.1) is 0 Å². The van der Waals surface area contributed by atoms with Crippen LogP contribution in [0.1, 0.15) is 181 Å². The summed E-state index contributed by atoms with van der Waals surface area (Å²) in [6.45, 7) is 5.21. The molecule has 0 heterocycles. The van der Waals surface area contributed by atoms with E-state index in [2.05, 4.69) is 86.8 Å². The Bertz CT molecular complexity index is 1170. The molecule has 2 unspecified atom stereocenters. The maximum Gasteiger partial charge on any atom is 0.306 e. The standard InChI is InChI=1S/C50H90NO7P/c1-6-8-10-12-14-16-18-20-22-24-25-26-28-30-32-34-36-38-40-42-45-55-47-49(48-57-59(53,54)56-46-44-51(3,4)5)58-50(52)43-41-39-37-35-33-31-29-27-23-21-19-17-15-13-11-9-7-2/h9,11,15,17,20-23,29,31,35,37,49H,6-8,10,12-14,16,18-19,24-28,30,32-34,36,38-48H2,1-5H3/b11-9-,17-15-,22-20-,23-21-,31-29-,37-35-. The number of ether oxygens (including phenoxy) is 2. The van der Waals surface area contributed by atoms with E-state index in [1.807, 2.05) is 21.1 Å². The number of hydrogen-bond donors (Lipinski definition) is 0. The van der Waals surface area contributed by atoms with Crippen LogP contribution < -0.4 is 4.89 Å². The zero-order valence-electron chi connectivity index (χ0n) is 38.7. The second-order valence-corrected chi connectivity index (χ2v) is 18.1. The van der Waals surface area contributed by atoms with Gasteiger partial charge in [0.15, 0.2) is 0 Å². The molecule has 0 fully saturated rings. The van der Waals surface area contributed by atoms with E-state index < -0.39 is 19.9 Å². The van der Waals surface area contributed by atoms with Crippen LogP contribution in [0.5, 0.6) is 0 Å². The topological polar surface area (TPSA) is 94.1 Å². The normalized spacial score (nSPS) is 14.3. The highest BCUT2D eigenvalue weighted by Gasteiger charge is 2.20. The Morgan fingerprint density at radius 2 is 0.983 bits per heavy atom. The smallest absolute Gasteiger partial charge is 0.306 e. The van der Waals surface area contributed by atoms with Gasteiger partial charge in [0, 0.05) is 13.0 Å². The summed E-state index contributed by atoms with van der Waals surface area (Å²) in [5, 5.41) is 0. The van der Waals surface area contributed by atoms with Crippen molar-refractivity contribution >= 4 is 13.8 Å². The van der Waals surface area contributed by atoms with Gasteiger partial charge in [-0.1, -0.05) is 170 Å². The minimum absolute atomic E-state index is 0.0122. The van der Waals surface area contributed by atoms with Crippen LogP contribution in [0.4, 0.5) is 0 Å². The third-order valence-corrected chi connectivity index (χ3v) is 10.7. The minimum atomic E-state index is -4.55. The van der Waals surface area contributed by atoms with Gasteiger partial charge < -0.3 is 27.9 Å². The lowest BCUT2D eigenvalue weighted by Crippen LogP contribution is -2.37. The lowest BCUT2D eigenvalue weighted by Gasteiger charge is -2.28. The van der Waals surface area contributed by atoms with Crippen molar-refractivity contribution in [2.24, 2.45) is 0 Å². The van der Waals surface area contributed by atoms with Gasteiger partial charge in [-0.2, -0.15) is 0 Å². The van der Waals surface area contributed by atoms with Crippen LogP contribution in [0.15, 0.2) is 72.9 Å². The van der Waals surface area contributed by atoms with Crippen LogP contribution in [0.2, 0.25) is 0 Å². The average Bonchev–Trinajstić information content (AvgIpc) is 3.19. The quantitative estimate of drug-likeness (QED) is 0.0198. The Kier molecular flexibility index (Phi) is 41.1. The van der Waals surface area contributed by atoms with E-state index >= 15 is 0 Å². The van der Waals surface area contributed by atoms with Crippen molar-refractivity contribution in [2.45, 2.75) is 187 Å². The van der Waals surface area contributed by atoms with E-state index in [9.17, 15) is 14.3 Å². The molecule has 0 aliphatic rings. The molecular weight excluding hydrogens is 758 g/mol. The zero-order valence-corrected chi connectivity index (χ0v) is 39.6. The maximum atomic E-state index is 12.7. The molecular formula is C50H90NO7P. The third-order valence-electron chi connectivity index (χ3n) is 9.74. The van der Waals surface area contributed by atoms with Gasteiger partial charge in [-0.25, -0.2) is 0 Å². The number of phosphoric ester groups is 1. The number of phosphoric acid groups is 1. The van der Waals surface area contributed by atoms with Crippen molar-refractivity contribution in [3.8, 4) is 0 Å². The molecule has 0 bridgehead atoms. The summed E-state index contributed by atoms with van der Waals surface area (Å²) in [4.78, 5) is 25.1. The number of carbonyl (C=O) groups excluding carboxylic acids is 1. The molecule has 0 saturated heterocycles. The van der Waals surface area contributed by atoms with E-state index in [-0.39, 0.29) is 26.2 Å². The van der Waals surface area contributed by atoms with Crippen LogP contribution in [0.3, 0.4) is 0 Å². The van der Waals surface area contributed by atoms with Crippen LogP contribution >= 0.6 is 7.82 Å². The molecule has 0 aromatic heterocycles. The Morgan fingerprint density at radius 1 is 0.542 bits per heavy atom. The fraction of sp³-hybridized carbons (Fsp3) is 0.740. The molecule has 342 valence electrons. The fourth-order valence-corrected chi connectivity index (χ4v) is 6.83. The number of nitrogens with zero attached hydrogens (tertiary/aromatic N) is 1. The number of allylic oxidation sites excluding steroid dienone is 12. The molecule has 0 N–H and O–H groups in total. The van der Waals surface area contributed by atoms with E-state index in [1.54, 1.807) is 0 Å². The fourth-order valence-electron chi connectivity index (χ4n) is 6.11. The first-order chi connectivity index (χ1) is 28.6. The van der Waals surface area contributed by atoms with Gasteiger partial charge in [0.05, 0.1) is 34.4 Å². The lowest BCUT2D eigenvalue weighted by molar-refractivity contribution is -0.870. The predicted octanol–water partition coefficient (Wildman–Crippen LogP) is 13.6. The van der Waals surface area contributed by atoms with Crippen LogP contribution in [0.25, 0.3) is 0 Å². The molecule has 9 heteroatoms. The summed E-state index contributed by atoms with van der Waals surface area (Å²) in [7, 11) is 1.31. The van der Waals surface area contributed by atoms with Crippen molar-refractivity contribution in [1.82, 2.24) is 0 Å². The zero-order chi connectivity index (χ0) is 43.4. The van der Waals surface area contributed by atoms with E-state index in [0.717, 1.165) is 51.4 Å². The van der Waals surface area contributed by atoms with Crippen molar-refractivity contribution < 1.29 is 37.3 Å². The molecule has 0 amide bonds. The van der Waals surface area contributed by atoms with E-state index in [0.29, 0.717) is 24.1 Å². The summed E-state index contributed by atoms with van der Waals surface area (Å²) in [6, 6.07) is 0. The molecule has 0 aromatic carbocycles. The highest BCUT2D eigenvalue weighted by molar-refractivity contribution is 7.45. The predicted molar refractivity (Wildman–Crippen MR) is 249 cm³/mol. The summed E-state index contributed by atoms with van der Waals surface area (Å²) in [6.07, 6.45) is 55.0.